The monoisotopic (exact) mass is 290 g/mol. The first-order chi connectivity index (χ1) is 8.50. The summed E-state index contributed by atoms with van der Waals surface area (Å²) in [6.07, 6.45) is 2.71. The molecule has 3 fully saturated rings. The van der Waals surface area contributed by atoms with Crippen LogP contribution >= 0.6 is 23.5 Å². The number of thioether (sulfide) groups is 2. The maximum atomic E-state index is 6.40. The summed E-state index contributed by atoms with van der Waals surface area (Å²) in [4.78, 5) is 0. The highest BCUT2D eigenvalue weighted by atomic mass is 32.2. The molecule has 0 N–H and O–H groups in total. The van der Waals surface area contributed by atoms with Gasteiger partial charge in [0.1, 0.15) is 6.10 Å². The zero-order valence-corrected chi connectivity index (χ0v) is 12.9. The molecule has 0 amide bonds. The summed E-state index contributed by atoms with van der Waals surface area (Å²) >= 11 is 3.97. The Kier molecular flexibility index (Phi) is 3.65. The molecule has 3 atom stereocenters. The van der Waals surface area contributed by atoms with Gasteiger partial charge in [-0.25, -0.2) is 0 Å². The van der Waals surface area contributed by atoms with Gasteiger partial charge in [0.25, 0.3) is 0 Å². The van der Waals surface area contributed by atoms with Crippen molar-refractivity contribution in [1.29, 1.82) is 0 Å². The lowest BCUT2D eigenvalue weighted by atomic mass is 10.00. The maximum absolute atomic E-state index is 6.40. The number of hydrogen-bond acceptors (Lipinski definition) is 5. The Morgan fingerprint density at radius 1 is 1.11 bits per heavy atom. The fraction of sp³-hybridized carbons (Fsp3) is 1.00. The fourth-order valence-electron chi connectivity index (χ4n) is 2.94. The summed E-state index contributed by atoms with van der Waals surface area (Å²) in [5.74, 6) is 2.54. The molecule has 0 aromatic carbocycles. The van der Waals surface area contributed by atoms with Gasteiger partial charge in [0.15, 0.2) is 10.1 Å². The molecule has 18 heavy (non-hydrogen) atoms. The molecular weight excluding hydrogens is 268 g/mol. The second-order valence-corrected chi connectivity index (χ2v) is 8.84. The van der Waals surface area contributed by atoms with Crippen molar-refractivity contribution in [2.24, 2.45) is 5.92 Å². The van der Waals surface area contributed by atoms with Gasteiger partial charge in [-0.2, -0.15) is 0 Å². The van der Waals surface area contributed by atoms with Gasteiger partial charge in [0.2, 0.25) is 0 Å². The molecule has 3 heterocycles. The van der Waals surface area contributed by atoms with Crippen LogP contribution in [-0.4, -0.2) is 40.4 Å². The minimum Gasteiger partial charge on any atom is -0.349 e. The Labute approximate surface area is 118 Å². The van der Waals surface area contributed by atoms with Crippen molar-refractivity contribution < 1.29 is 14.2 Å². The first kappa shape index (κ1) is 13.6. The quantitative estimate of drug-likeness (QED) is 0.740. The highest BCUT2D eigenvalue weighted by molar-refractivity contribution is 8.18. The average molecular weight is 290 g/mol. The zero-order chi connectivity index (χ0) is 12.8. The van der Waals surface area contributed by atoms with Crippen molar-refractivity contribution >= 4 is 23.5 Å². The van der Waals surface area contributed by atoms with Crippen LogP contribution in [0.5, 0.6) is 0 Å². The summed E-state index contributed by atoms with van der Waals surface area (Å²) < 4.78 is 18.0. The lowest BCUT2D eigenvalue weighted by molar-refractivity contribution is -0.156. The molecule has 0 aromatic heterocycles. The number of ether oxygens (including phenoxy) is 3. The van der Waals surface area contributed by atoms with Gasteiger partial charge in [0.05, 0.1) is 12.7 Å². The van der Waals surface area contributed by atoms with E-state index in [1.807, 2.05) is 37.4 Å². The van der Waals surface area contributed by atoms with E-state index in [0.717, 1.165) is 6.42 Å². The third-order valence-corrected chi connectivity index (χ3v) is 6.88. The smallest absolute Gasteiger partial charge is 0.163 e. The van der Waals surface area contributed by atoms with Crippen molar-refractivity contribution in [3.05, 3.63) is 0 Å². The molecule has 3 rings (SSSR count). The Hall–Kier alpha value is 0.580. The van der Waals surface area contributed by atoms with Crippen LogP contribution in [0.3, 0.4) is 0 Å². The molecule has 3 aliphatic rings. The molecule has 3 aliphatic heterocycles. The van der Waals surface area contributed by atoms with Crippen molar-refractivity contribution in [3.8, 4) is 0 Å². The van der Waals surface area contributed by atoms with Gasteiger partial charge in [-0.1, -0.05) is 6.92 Å². The number of rotatable bonds is 1. The first-order valence-electron chi connectivity index (χ1n) is 6.77. The highest BCUT2D eigenvalue weighted by Crippen LogP contribution is 2.54. The molecule has 3 saturated heterocycles. The van der Waals surface area contributed by atoms with Crippen LogP contribution in [0.1, 0.15) is 33.6 Å². The first-order valence-corrected chi connectivity index (χ1v) is 8.74. The van der Waals surface area contributed by atoms with Gasteiger partial charge in [-0.05, 0) is 37.7 Å². The van der Waals surface area contributed by atoms with E-state index in [0.29, 0.717) is 12.5 Å². The average Bonchev–Trinajstić information content (AvgIpc) is 2.81. The van der Waals surface area contributed by atoms with Crippen LogP contribution in [0, 0.1) is 5.92 Å². The molecule has 0 aliphatic carbocycles. The van der Waals surface area contributed by atoms with Crippen molar-refractivity contribution in [3.63, 3.8) is 0 Å². The van der Waals surface area contributed by atoms with Gasteiger partial charge in [0, 0.05) is 6.42 Å². The fourth-order valence-corrected chi connectivity index (χ4v) is 6.28. The van der Waals surface area contributed by atoms with E-state index in [1.54, 1.807) is 0 Å². The standard InChI is InChI=1S/C13H22O3S2/c1-9-7-13(17-5-4-6-18-13)16-11(9)10-8-14-12(2,3)15-10/h9-11H,4-8H2,1-3H3/t9-,10+,11?/m0/s1. The topological polar surface area (TPSA) is 27.7 Å². The Morgan fingerprint density at radius 3 is 2.44 bits per heavy atom. The summed E-state index contributed by atoms with van der Waals surface area (Å²) in [7, 11) is 0. The molecule has 0 bridgehead atoms. The van der Waals surface area contributed by atoms with Crippen LogP contribution in [0.15, 0.2) is 0 Å². The van der Waals surface area contributed by atoms with Crippen LogP contribution in [-0.2, 0) is 14.2 Å². The predicted octanol–water partition coefficient (Wildman–Crippen LogP) is 3.09. The minimum absolute atomic E-state index is 0.00156. The zero-order valence-electron chi connectivity index (χ0n) is 11.3. The summed E-state index contributed by atoms with van der Waals surface area (Å²) in [5, 5.41) is 0. The van der Waals surface area contributed by atoms with Gasteiger partial charge in [-0.15, -0.1) is 23.5 Å². The van der Waals surface area contributed by atoms with E-state index in [1.165, 1.54) is 17.9 Å². The predicted molar refractivity (Wildman–Crippen MR) is 75.8 cm³/mol. The Balaban J connectivity index is 1.67. The van der Waals surface area contributed by atoms with E-state index in [-0.39, 0.29) is 16.5 Å². The van der Waals surface area contributed by atoms with Crippen LogP contribution < -0.4 is 0 Å². The van der Waals surface area contributed by atoms with E-state index in [2.05, 4.69) is 6.92 Å². The highest BCUT2D eigenvalue weighted by Gasteiger charge is 2.51. The summed E-state index contributed by atoms with van der Waals surface area (Å²) in [6.45, 7) is 6.90. The Bertz CT molecular complexity index is 315. The van der Waals surface area contributed by atoms with Gasteiger partial charge >= 0.3 is 0 Å². The van der Waals surface area contributed by atoms with Crippen molar-refractivity contribution in [2.45, 2.75) is 55.9 Å². The molecule has 3 nitrogen and oxygen atoms in total. The van der Waals surface area contributed by atoms with E-state index < -0.39 is 5.79 Å². The van der Waals surface area contributed by atoms with Crippen molar-refractivity contribution in [2.75, 3.05) is 18.1 Å². The maximum Gasteiger partial charge on any atom is 0.163 e. The van der Waals surface area contributed by atoms with Crippen LogP contribution in [0.2, 0.25) is 0 Å². The summed E-state index contributed by atoms with van der Waals surface area (Å²) in [5.41, 5.74) is 0. The minimum atomic E-state index is -0.448. The molecule has 0 saturated carbocycles. The normalized spacial score (nSPS) is 42.5. The van der Waals surface area contributed by atoms with E-state index >= 15 is 0 Å². The van der Waals surface area contributed by atoms with E-state index in [9.17, 15) is 0 Å². The molecule has 1 unspecified atom stereocenters. The largest absolute Gasteiger partial charge is 0.349 e. The summed E-state index contributed by atoms with van der Waals surface area (Å²) in [6, 6.07) is 0. The van der Waals surface area contributed by atoms with Crippen LogP contribution in [0.25, 0.3) is 0 Å². The van der Waals surface area contributed by atoms with E-state index in [4.69, 9.17) is 14.2 Å². The second kappa shape index (κ2) is 4.85. The third kappa shape index (κ3) is 2.57. The third-order valence-electron chi connectivity index (χ3n) is 3.78. The molecule has 0 aromatic rings. The van der Waals surface area contributed by atoms with Crippen molar-refractivity contribution in [1.82, 2.24) is 0 Å². The van der Waals surface area contributed by atoms with Crippen LogP contribution in [0.4, 0.5) is 0 Å². The van der Waals surface area contributed by atoms with Gasteiger partial charge < -0.3 is 14.2 Å². The molecule has 0 radical (unpaired) electrons. The Morgan fingerprint density at radius 2 is 1.83 bits per heavy atom. The SMILES string of the molecule is C[C@H]1CC2(OC1[C@H]1COC(C)(C)O1)SCCCS2. The molecule has 104 valence electrons. The lowest BCUT2D eigenvalue weighted by Gasteiger charge is -2.32. The van der Waals surface area contributed by atoms with Gasteiger partial charge in [-0.3, -0.25) is 0 Å². The second-order valence-electron chi connectivity index (χ2n) is 5.86. The number of hydrogen-bond donors (Lipinski definition) is 0. The molecule has 1 spiro atoms. The lowest BCUT2D eigenvalue weighted by Crippen LogP contribution is -2.35. The molecule has 5 heteroatoms. The molecular formula is C13H22O3S2.